The van der Waals surface area contributed by atoms with Gasteiger partial charge in [-0.1, -0.05) is 17.9 Å². The van der Waals surface area contributed by atoms with Crippen LogP contribution in [-0.2, 0) is 5.75 Å². The van der Waals surface area contributed by atoms with Gasteiger partial charge in [0.25, 0.3) is 0 Å². The topological polar surface area (TPSA) is 20.2 Å². The Kier molecular flexibility index (Phi) is 5.79. The molecule has 0 amide bonds. The van der Waals surface area contributed by atoms with Crippen molar-refractivity contribution in [3.63, 3.8) is 0 Å². The Morgan fingerprint density at radius 1 is 1.05 bits per heavy atom. The van der Waals surface area contributed by atoms with Gasteiger partial charge in [-0.25, -0.2) is 8.78 Å². The lowest BCUT2D eigenvalue weighted by molar-refractivity contribution is 0.305. The Balaban J connectivity index is 2.05. The van der Waals surface area contributed by atoms with E-state index in [0.29, 0.717) is 17.7 Å². The molecule has 1 nitrogen and oxygen atoms in total. The summed E-state index contributed by atoms with van der Waals surface area (Å²) in [5.41, 5.74) is 1.28. The van der Waals surface area contributed by atoms with Crippen molar-refractivity contribution in [3.8, 4) is 11.8 Å². The number of aliphatic hydroxyl groups excluding tert-OH is 1. The van der Waals surface area contributed by atoms with Crippen LogP contribution in [0, 0.1) is 23.5 Å². The van der Waals surface area contributed by atoms with Crippen molar-refractivity contribution in [2.45, 2.75) is 17.1 Å². The van der Waals surface area contributed by atoms with E-state index in [9.17, 15) is 8.78 Å². The van der Waals surface area contributed by atoms with Crippen LogP contribution in [0.4, 0.5) is 8.78 Å². The summed E-state index contributed by atoms with van der Waals surface area (Å²) in [6, 6.07) is 11.1. The fourth-order valence-corrected chi connectivity index (χ4v) is 2.51. The molecular formula is C17H14F2OS. The summed E-state index contributed by atoms with van der Waals surface area (Å²) in [7, 11) is 0. The number of rotatable bonds is 4. The zero-order chi connectivity index (χ0) is 15.1. The SMILES string of the molecule is OCCC#Cc1cc(CSc2ccc(F)cc2)ccc1F. The predicted molar refractivity (Wildman–Crippen MR) is 80.9 cm³/mol. The van der Waals surface area contributed by atoms with Crippen molar-refractivity contribution in [1.29, 1.82) is 0 Å². The van der Waals surface area contributed by atoms with Crippen LogP contribution in [-0.4, -0.2) is 11.7 Å². The summed E-state index contributed by atoms with van der Waals surface area (Å²) in [5, 5.41) is 8.67. The van der Waals surface area contributed by atoms with Crippen LogP contribution in [0.3, 0.4) is 0 Å². The molecule has 0 spiro atoms. The van der Waals surface area contributed by atoms with Gasteiger partial charge in [0.2, 0.25) is 0 Å². The summed E-state index contributed by atoms with van der Waals surface area (Å²) < 4.78 is 26.4. The van der Waals surface area contributed by atoms with E-state index in [4.69, 9.17) is 5.11 Å². The first-order chi connectivity index (χ1) is 10.2. The molecule has 0 heterocycles. The molecule has 0 aliphatic rings. The van der Waals surface area contributed by atoms with E-state index in [-0.39, 0.29) is 18.2 Å². The van der Waals surface area contributed by atoms with Crippen LogP contribution in [0.1, 0.15) is 17.5 Å². The molecule has 0 radical (unpaired) electrons. The molecule has 0 aromatic heterocycles. The molecule has 0 atom stereocenters. The van der Waals surface area contributed by atoms with E-state index in [2.05, 4.69) is 11.8 Å². The minimum Gasteiger partial charge on any atom is -0.395 e. The molecule has 2 rings (SSSR count). The van der Waals surface area contributed by atoms with Crippen LogP contribution in [0.2, 0.25) is 0 Å². The maximum absolute atomic E-state index is 13.6. The Morgan fingerprint density at radius 3 is 2.52 bits per heavy atom. The van der Waals surface area contributed by atoms with Crippen molar-refractivity contribution < 1.29 is 13.9 Å². The first kappa shape index (κ1) is 15.6. The fraction of sp³-hybridized carbons (Fsp3) is 0.176. The van der Waals surface area contributed by atoms with Crippen LogP contribution in [0.5, 0.6) is 0 Å². The average Bonchev–Trinajstić information content (AvgIpc) is 2.49. The highest BCUT2D eigenvalue weighted by molar-refractivity contribution is 7.98. The first-order valence-electron chi connectivity index (χ1n) is 6.45. The third kappa shape index (κ3) is 4.89. The largest absolute Gasteiger partial charge is 0.395 e. The molecule has 0 fully saturated rings. The molecule has 108 valence electrons. The molecule has 0 aliphatic heterocycles. The van der Waals surface area contributed by atoms with Gasteiger partial charge in [-0.15, -0.1) is 11.8 Å². The highest BCUT2D eigenvalue weighted by atomic mass is 32.2. The van der Waals surface area contributed by atoms with Crippen molar-refractivity contribution in [2.75, 3.05) is 6.61 Å². The average molecular weight is 304 g/mol. The highest BCUT2D eigenvalue weighted by Gasteiger charge is 2.02. The number of hydrogen-bond acceptors (Lipinski definition) is 2. The van der Waals surface area contributed by atoms with Gasteiger partial charge in [0.1, 0.15) is 11.6 Å². The van der Waals surface area contributed by atoms with Gasteiger partial charge in [-0.05, 0) is 42.0 Å². The second-order valence-corrected chi connectivity index (χ2v) is 5.38. The van der Waals surface area contributed by atoms with Crippen molar-refractivity contribution in [3.05, 3.63) is 65.2 Å². The van der Waals surface area contributed by atoms with E-state index in [1.165, 1.54) is 18.2 Å². The maximum atomic E-state index is 13.6. The van der Waals surface area contributed by atoms with Gasteiger partial charge < -0.3 is 5.11 Å². The zero-order valence-electron chi connectivity index (χ0n) is 11.3. The Hall–Kier alpha value is -1.83. The quantitative estimate of drug-likeness (QED) is 0.681. The smallest absolute Gasteiger partial charge is 0.138 e. The van der Waals surface area contributed by atoms with Crippen molar-refractivity contribution in [2.24, 2.45) is 0 Å². The van der Waals surface area contributed by atoms with Crippen molar-refractivity contribution in [1.82, 2.24) is 0 Å². The lowest BCUT2D eigenvalue weighted by Gasteiger charge is -2.04. The van der Waals surface area contributed by atoms with Crippen LogP contribution in [0.25, 0.3) is 0 Å². The normalized spacial score (nSPS) is 10.0. The molecule has 0 unspecified atom stereocenters. The standard InChI is InChI=1S/C17H14F2OS/c18-15-5-7-16(8-6-15)21-12-13-4-9-17(19)14(11-13)3-1-2-10-20/h4-9,11,20H,2,10,12H2. The van der Waals surface area contributed by atoms with Crippen LogP contribution in [0.15, 0.2) is 47.4 Å². The monoisotopic (exact) mass is 304 g/mol. The molecule has 0 aliphatic carbocycles. The van der Waals surface area contributed by atoms with E-state index < -0.39 is 0 Å². The van der Waals surface area contributed by atoms with E-state index in [1.807, 2.05) is 0 Å². The second kappa shape index (κ2) is 7.82. The summed E-state index contributed by atoms with van der Waals surface area (Å²) in [4.78, 5) is 0.952. The molecule has 1 N–H and O–H groups in total. The van der Waals surface area contributed by atoms with Gasteiger partial charge in [0, 0.05) is 17.1 Å². The summed E-state index contributed by atoms with van der Waals surface area (Å²) in [5.74, 6) is 5.45. The molecule has 2 aromatic rings. The van der Waals surface area contributed by atoms with Gasteiger partial charge in [0.05, 0.1) is 12.2 Å². The highest BCUT2D eigenvalue weighted by Crippen LogP contribution is 2.23. The van der Waals surface area contributed by atoms with Gasteiger partial charge in [0.15, 0.2) is 0 Å². The van der Waals surface area contributed by atoms with E-state index in [1.54, 1.807) is 36.0 Å². The number of thioether (sulfide) groups is 1. The first-order valence-corrected chi connectivity index (χ1v) is 7.44. The number of halogens is 2. The van der Waals surface area contributed by atoms with Crippen molar-refractivity contribution >= 4 is 11.8 Å². The lowest BCUT2D eigenvalue weighted by Crippen LogP contribution is -1.88. The Labute approximate surface area is 127 Å². The minimum atomic E-state index is -0.365. The molecule has 0 saturated heterocycles. The van der Waals surface area contributed by atoms with Gasteiger partial charge in [-0.2, -0.15) is 0 Å². The van der Waals surface area contributed by atoms with Gasteiger partial charge in [-0.3, -0.25) is 0 Å². The number of benzene rings is 2. The second-order valence-electron chi connectivity index (χ2n) is 4.33. The summed E-state index contributed by atoms with van der Waals surface area (Å²) >= 11 is 1.55. The Morgan fingerprint density at radius 2 is 1.81 bits per heavy atom. The van der Waals surface area contributed by atoms with E-state index >= 15 is 0 Å². The minimum absolute atomic E-state index is 0.0330. The molecule has 2 aromatic carbocycles. The molecule has 0 bridgehead atoms. The summed E-state index contributed by atoms with van der Waals surface area (Å²) in [6.45, 7) is -0.0330. The van der Waals surface area contributed by atoms with Crippen LogP contribution >= 0.6 is 11.8 Å². The third-order valence-corrected chi connectivity index (χ3v) is 3.79. The number of hydrogen-bond donors (Lipinski definition) is 1. The maximum Gasteiger partial charge on any atom is 0.138 e. The predicted octanol–water partition coefficient (Wildman–Crippen LogP) is 3.99. The van der Waals surface area contributed by atoms with Gasteiger partial charge >= 0.3 is 0 Å². The molecule has 4 heteroatoms. The number of aliphatic hydroxyl groups is 1. The fourth-order valence-electron chi connectivity index (χ4n) is 1.67. The Bertz CT molecular complexity index is 657. The van der Waals surface area contributed by atoms with E-state index in [0.717, 1.165) is 10.5 Å². The molecular weight excluding hydrogens is 290 g/mol. The zero-order valence-corrected chi connectivity index (χ0v) is 12.1. The molecule has 21 heavy (non-hydrogen) atoms. The summed E-state index contributed by atoms with van der Waals surface area (Å²) in [6.07, 6.45) is 0.327. The van der Waals surface area contributed by atoms with Crippen LogP contribution < -0.4 is 0 Å². The molecule has 0 saturated carbocycles. The lowest BCUT2D eigenvalue weighted by atomic mass is 10.1. The third-order valence-electron chi connectivity index (χ3n) is 2.71.